The maximum absolute atomic E-state index is 12.7. The molecular weight excluding hydrogens is 314 g/mol. The molecule has 1 atom stereocenters. The second-order valence-corrected chi connectivity index (χ2v) is 6.14. The Morgan fingerprint density at radius 3 is 2.61 bits per heavy atom. The highest BCUT2D eigenvalue weighted by Crippen LogP contribution is 2.30. The summed E-state index contributed by atoms with van der Waals surface area (Å²) >= 11 is 1.48. The summed E-state index contributed by atoms with van der Waals surface area (Å²) < 4.78 is 5.11. The molecular formula is C16H15N3O3S. The van der Waals surface area contributed by atoms with Gasteiger partial charge in [-0.25, -0.2) is 4.79 Å². The molecule has 0 unspecified atom stereocenters. The van der Waals surface area contributed by atoms with E-state index in [4.69, 9.17) is 4.74 Å². The first-order valence-corrected chi connectivity index (χ1v) is 7.81. The fourth-order valence-corrected chi connectivity index (χ4v) is 2.91. The Bertz CT molecular complexity index is 755. The molecule has 1 aromatic heterocycles. The fraction of sp³-hybridized carbons (Fsp3) is 0.188. The van der Waals surface area contributed by atoms with Gasteiger partial charge in [-0.05, 0) is 36.1 Å². The largest absolute Gasteiger partial charge is 0.497 e. The second kappa shape index (κ2) is 5.85. The van der Waals surface area contributed by atoms with Crippen molar-refractivity contribution in [2.24, 2.45) is 5.10 Å². The fourth-order valence-electron chi connectivity index (χ4n) is 2.33. The standard InChI is InChI=1S/C16H15N3O3S/c1-16(11-5-7-12(22-2)8-6-11)14(20)19(15(21)18-16)17-10-13-4-3-9-23-13/h3-10H,1-2H3,(H,18,21)/b17-10-/t16-/m1/s1. The van der Waals surface area contributed by atoms with E-state index < -0.39 is 17.5 Å². The maximum atomic E-state index is 12.7. The summed E-state index contributed by atoms with van der Waals surface area (Å²) in [6.07, 6.45) is 1.50. The van der Waals surface area contributed by atoms with Crippen molar-refractivity contribution >= 4 is 29.5 Å². The van der Waals surface area contributed by atoms with Crippen molar-refractivity contribution in [1.82, 2.24) is 10.3 Å². The number of nitrogens with one attached hydrogen (secondary N) is 1. The molecule has 1 aromatic carbocycles. The highest BCUT2D eigenvalue weighted by molar-refractivity contribution is 7.11. The number of hydrogen-bond acceptors (Lipinski definition) is 5. The summed E-state index contributed by atoms with van der Waals surface area (Å²) in [5.74, 6) is 0.266. The van der Waals surface area contributed by atoms with Crippen LogP contribution in [0.25, 0.3) is 0 Å². The highest BCUT2D eigenvalue weighted by Gasteiger charge is 2.49. The molecule has 1 aliphatic heterocycles. The molecule has 6 nitrogen and oxygen atoms in total. The molecule has 2 aromatic rings. The molecule has 2 heterocycles. The van der Waals surface area contributed by atoms with Gasteiger partial charge >= 0.3 is 6.03 Å². The molecule has 3 amide bonds. The number of hydrazone groups is 1. The van der Waals surface area contributed by atoms with Gasteiger partial charge < -0.3 is 10.1 Å². The van der Waals surface area contributed by atoms with Crippen molar-refractivity contribution in [2.45, 2.75) is 12.5 Å². The first-order chi connectivity index (χ1) is 11.0. The van der Waals surface area contributed by atoms with Gasteiger partial charge in [-0.1, -0.05) is 18.2 Å². The highest BCUT2D eigenvalue weighted by atomic mass is 32.1. The average molecular weight is 329 g/mol. The topological polar surface area (TPSA) is 71.0 Å². The van der Waals surface area contributed by atoms with Gasteiger partial charge in [0.15, 0.2) is 0 Å². The molecule has 1 aliphatic rings. The van der Waals surface area contributed by atoms with Gasteiger partial charge in [0.25, 0.3) is 5.91 Å². The number of carbonyl (C=O) groups excluding carboxylic acids is 2. The molecule has 0 spiro atoms. The zero-order valence-corrected chi connectivity index (χ0v) is 13.5. The quantitative estimate of drug-likeness (QED) is 0.692. The Labute approximate surface area is 137 Å². The van der Waals surface area contributed by atoms with Gasteiger partial charge in [0, 0.05) is 4.88 Å². The number of methoxy groups -OCH3 is 1. The molecule has 7 heteroatoms. The van der Waals surface area contributed by atoms with E-state index in [1.165, 1.54) is 17.6 Å². The number of carbonyl (C=O) groups is 2. The number of hydrogen-bond donors (Lipinski definition) is 1. The monoisotopic (exact) mass is 329 g/mol. The molecule has 1 N–H and O–H groups in total. The SMILES string of the molecule is COc1ccc([C@@]2(C)NC(=O)N(/N=C\c3cccs3)C2=O)cc1. The van der Waals surface area contributed by atoms with E-state index in [2.05, 4.69) is 10.4 Å². The number of benzene rings is 1. The van der Waals surface area contributed by atoms with Crippen LogP contribution < -0.4 is 10.1 Å². The molecule has 0 radical (unpaired) electrons. The van der Waals surface area contributed by atoms with Crippen LogP contribution in [-0.2, 0) is 10.3 Å². The zero-order chi connectivity index (χ0) is 16.4. The third-order valence-corrected chi connectivity index (χ3v) is 4.49. The summed E-state index contributed by atoms with van der Waals surface area (Å²) in [5, 5.41) is 9.48. The Morgan fingerprint density at radius 2 is 2.00 bits per heavy atom. The van der Waals surface area contributed by atoms with E-state index in [0.717, 1.165) is 9.89 Å². The van der Waals surface area contributed by atoms with Crippen LogP contribution in [0, 0.1) is 0 Å². The van der Waals surface area contributed by atoms with Crippen LogP contribution in [0.5, 0.6) is 5.75 Å². The van der Waals surface area contributed by atoms with Crippen molar-refractivity contribution in [3.8, 4) is 5.75 Å². The lowest BCUT2D eigenvalue weighted by Gasteiger charge is -2.21. The lowest BCUT2D eigenvalue weighted by molar-refractivity contribution is -0.131. The number of imide groups is 1. The van der Waals surface area contributed by atoms with Gasteiger partial charge in [0.05, 0.1) is 13.3 Å². The average Bonchev–Trinajstić information content (AvgIpc) is 3.14. The first-order valence-electron chi connectivity index (χ1n) is 6.93. The van der Waals surface area contributed by atoms with Gasteiger partial charge in [0.1, 0.15) is 11.3 Å². The summed E-state index contributed by atoms with van der Waals surface area (Å²) in [6, 6.07) is 10.2. The second-order valence-electron chi connectivity index (χ2n) is 5.16. The molecule has 1 fully saturated rings. The summed E-state index contributed by atoms with van der Waals surface area (Å²) in [4.78, 5) is 25.6. The smallest absolute Gasteiger partial charge is 0.346 e. The molecule has 0 aliphatic carbocycles. The van der Waals surface area contributed by atoms with E-state index in [1.807, 2.05) is 17.5 Å². The molecule has 118 valence electrons. The number of amides is 3. The normalized spacial score (nSPS) is 21.0. The van der Waals surface area contributed by atoms with Crippen LogP contribution in [0.15, 0.2) is 46.9 Å². The molecule has 3 rings (SSSR count). The molecule has 0 saturated carbocycles. The Balaban J connectivity index is 1.86. The van der Waals surface area contributed by atoms with Gasteiger partial charge in [-0.3, -0.25) is 4.79 Å². The minimum Gasteiger partial charge on any atom is -0.497 e. The number of ether oxygens (including phenoxy) is 1. The van der Waals surface area contributed by atoms with Crippen LogP contribution in [0.3, 0.4) is 0 Å². The van der Waals surface area contributed by atoms with E-state index in [9.17, 15) is 9.59 Å². The predicted octanol–water partition coefficient (Wildman–Crippen LogP) is 2.56. The lowest BCUT2D eigenvalue weighted by atomic mass is 9.92. The minimum atomic E-state index is -1.14. The minimum absolute atomic E-state index is 0.416. The van der Waals surface area contributed by atoms with Crippen LogP contribution in [0.2, 0.25) is 0 Å². The van der Waals surface area contributed by atoms with Crippen LogP contribution >= 0.6 is 11.3 Å². The Hall–Kier alpha value is -2.67. The molecule has 23 heavy (non-hydrogen) atoms. The summed E-state index contributed by atoms with van der Waals surface area (Å²) in [5.41, 5.74) is -0.471. The number of nitrogens with zero attached hydrogens (tertiary/aromatic N) is 2. The third kappa shape index (κ3) is 2.70. The van der Waals surface area contributed by atoms with E-state index in [1.54, 1.807) is 38.3 Å². The first kappa shape index (κ1) is 15.2. The third-order valence-electron chi connectivity index (χ3n) is 3.68. The van der Waals surface area contributed by atoms with Gasteiger partial charge in [0.2, 0.25) is 0 Å². The maximum Gasteiger partial charge on any atom is 0.346 e. The van der Waals surface area contributed by atoms with E-state index in [0.29, 0.717) is 11.3 Å². The van der Waals surface area contributed by atoms with E-state index >= 15 is 0 Å². The van der Waals surface area contributed by atoms with Crippen molar-refractivity contribution in [1.29, 1.82) is 0 Å². The van der Waals surface area contributed by atoms with Crippen molar-refractivity contribution < 1.29 is 14.3 Å². The summed E-state index contributed by atoms with van der Waals surface area (Å²) in [7, 11) is 1.57. The number of thiophene rings is 1. The van der Waals surface area contributed by atoms with Crippen LogP contribution in [0.1, 0.15) is 17.4 Å². The Kier molecular flexibility index (Phi) is 3.87. The molecule has 1 saturated heterocycles. The van der Waals surface area contributed by atoms with Crippen molar-refractivity contribution in [3.63, 3.8) is 0 Å². The number of urea groups is 1. The van der Waals surface area contributed by atoms with Crippen LogP contribution in [-0.4, -0.2) is 30.3 Å². The van der Waals surface area contributed by atoms with Gasteiger partial charge in [-0.2, -0.15) is 5.10 Å². The van der Waals surface area contributed by atoms with Crippen molar-refractivity contribution in [3.05, 3.63) is 52.2 Å². The van der Waals surface area contributed by atoms with E-state index in [-0.39, 0.29) is 0 Å². The van der Waals surface area contributed by atoms with Gasteiger partial charge in [-0.15, -0.1) is 16.3 Å². The Morgan fingerprint density at radius 1 is 1.26 bits per heavy atom. The van der Waals surface area contributed by atoms with Crippen molar-refractivity contribution in [2.75, 3.05) is 7.11 Å². The zero-order valence-electron chi connectivity index (χ0n) is 12.6. The lowest BCUT2D eigenvalue weighted by Crippen LogP contribution is -2.40. The number of rotatable bonds is 4. The molecule has 0 bridgehead atoms. The summed E-state index contributed by atoms with van der Waals surface area (Å²) in [6.45, 7) is 1.66. The predicted molar refractivity (Wildman–Crippen MR) is 87.6 cm³/mol. The van der Waals surface area contributed by atoms with Crippen LogP contribution in [0.4, 0.5) is 4.79 Å².